The van der Waals surface area contributed by atoms with E-state index in [0.29, 0.717) is 10.0 Å². The lowest BCUT2D eigenvalue weighted by atomic mass is 10.0. The van der Waals surface area contributed by atoms with Crippen molar-refractivity contribution in [2.75, 3.05) is 61.9 Å². The van der Waals surface area contributed by atoms with Gasteiger partial charge in [0.2, 0.25) is 0 Å². The topological polar surface area (TPSA) is 30.0 Å². The van der Waals surface area contributed by atoms with Crippen LogP contribution in [0.4, 0.5) is 11.4 Å². The van der Waals surface area contributed by atoms with Crippen LogP contribution in [0.25, 0.3) is 0 Å². The maximum Gasteiger partial charge on any atom is 0.0945 e. The summed E-state index contributed by atoms with van der Waals surface area (Å²) >= 11 is 14.1. The van der Waals surface area contributed by atoms with Crippen molar-refractivity contribution >= 4 is 46.3 Å². The van der Waals surface area contributed by atoms with Crippen molar-refractivity contribution in [3.63, 3.8) is 0 Å². The van der Waals surface area contributed by atoms with Crippen LogP contribution in [0.1, 0.15) is 11.7 Å². The van der Waals surface area contributed by atoms with Crippen molar-refractivity contribution < 1.29 is 5.11 Å². The number of rotatable bonds is 4. The molecule has 1 N–H and O–H groups in total. The zero-order valence-corrected chi connectivity index (χ0v) is 18.9. The van der Waals surface area contributed by atoms with Gasteiger partial charge in [0.25, 0.3) is 0 Å². The summed E-state index contributed by atoms with van der Waals surface area (Å²) in [4.78, 5) is 7.05. The fourth-order valence-electron chi connectivity index (χ4n) is 4.06. The van der Waals surface area contributed by atoms with E-state index in [1.165, 1.54) is 5.69 Å². The third kappa shape index (κ3) is 4.80. The van der Waals surface area contributed by atoms with Crippen LogP contribution in [-0.2, 0) is 0 Å². The molecule has 2 heterocycles. The van der Waals surface area contributed by atoms with Crippen molar-refractivity contribution in [2.45, 2.75) is 11.4 Å². The molecular weight excluding hydrogens is 425 g/mol. The number of anilines is 2. The molecule has 2 aromatic rings. The monoisotopic (exact) mass is 451 g/mol. The number of hydrogen-bond acceptors (Lipinski definition) is 5. The highest BCUT2D eigenvalue weighted by Crippen LogP contribution is 2.37. The number of para-hydroxylation sites is 1. The van der Waals surface area contributed by atoms with E-state index in [2.05, 4.69) is 39.9 Å². The highest BCUT2D eigenvalue weighted by atomic mass is 35.5. The lowest BCUT2D eigenvalue weighted by molar-refractivity contribution is 0.174. The SMILES string of the molecule is CN1CCN(c2ccccc2C(O)C2CN(c3ccc(Cl)c(Cl)c3)CCS2)CC1. The standard InChI is InChI=1S/C22H27Cl2N3OS/c1-25-8-10-26(11-9-25)20-5-3-2-4-17(20)22(28)21-15-27(12-13-29-21)16-6-7-18(23)19(24)14-16/h2-7,14,21-22,28H,8-13,15H2,1H3. The smallest absolute Gasteiger partial charge is 0.0945 e. The maximum absolute atomic E-state index is 11.3. The molecule has 156 valence electrons. The van der Waals surface area contributed by atoms with Gasteiger partial charge in [-0.15, -0.1) is 0 Å². The van der Waals surface area contributed by atoms with Gasteiger partial charge >= 0.3 is 0 Å². The summed E-state index contributed by atoms with van der Waals surface area (Å²) in [5.74, 6) is 0.971. The molecule has 7 heteroatoms. The summed E-state index contributed by atoms with van der Waals surface area (Å²) in [6.07, 6.45) is -0.513. The van der Waals surface area contributed by atoms with E-state index in [9.17, 15) is 5.11 Å². The van der Waals surface area contributed by atoms with Crippen molar-refractivity contribution in [3.8, 4) is 0 Å². The first-order chi connectivity index (χ1) is 14.0. The first-order valence-corrected chi connectivity index (χ1v) is 11.9. The zero-order chi connectivity index (χ0) is 20.4. The van der Waals surface area contributed by atoms with Crippen LogP contribution in [0.3, 0.4) is 0 Å². The highest BCUT2D eigenvalue weighted by Gasteiger charge is 2.30. The van der Waals surface area contributed by atoms with Gasteiger partial charge in [-0.05, 0) is 31.3 Å². The van der Waals surface area contributed by atoms with E-state index >= 15 is 0 Å². The summed E-state index contributed by atoms with van der Waals surface area (Å²) < 4.78 is 0. The molecule has 0 spiro atoms. The van der Waals surface area contributed by atoms with Crippen LogP contribution < -0.4 is 9.80 Å². The Balaban J connectivity index is 1.52. The number of benzene rings is 2. The second-order valence-corrected chi connectivity index (χ2v) is 9.91. The van der Waals surface area contributed by atoms with Crippen LogP contribution in [0, 0.1) is 0 Å². The van der Waals surface area contributed by atoms with Gasteiger partial charge in [-0.2, -0.15) is 11.8 Å². The van der Waals surface area contributed by atoms with Gasteiger partial charge in [0.05, 0.1) is 21.4 Å². The molecule has 4 nitrogen and oxygen atoms in total. The quantitative estimate of drug-likeness (QED) is 0.743. The molecule has 2 aliphatic heterocycles. The van der Waals surface area contributed by atoms with E-state index in [1.54, 1.807) is 0 Å². The predicted molar refractivity (Wildman–Crippen MR) is 126 cm³/mol. The zero-order valence-electron chi connectivity index (χ0n) is 16.6. The Morgan fingerprint density at radius 3 is 2.48 bits per heavy atom. The van der Waals surface area contributed by atoms with Crippen LogP contribution in [0.5, 0.6) is 0 Å². The number of aliphatic hydroxyl groups excluding tert-OH is 1. The van der Waals surface area contributed by atoms with Crippen LogP contribution in [-0.4, -0.2) is 67.3 Å². The predicted octanol–water partition coefficient (Wildman–Crippen LogP) is 4.40. The first-order valence-electron chi connectivity index (χ1n) is 10.0. The van der Waals surface area contributed by atoms with Gasteiger partial charge in [0, 0.05) is 62.0 Å². The summed E-state index contributed by atoms with van der Waals surface area (Å²) in [7, 11) is 2.16. The Morgan fingerprint density at radius 1 is 0.966 bits per heavy atom. The molecule has 29 heavy (non-hydrogen) atoms. The molecule has 0 bridgehead atoms. The maximum atomic E-state index is 11.3. The molecule has 2 unspecified atom stereocenters. The first kappa shape index (κ1) is 21.1. The Kier molecular flexibility index (Phi) is 6.82. The third-order valence-electron chi connectivity index (χ3n) is 5.81. The number of aliphatic hydroxyl groups is 1. The molecule has 2 aromatic carbocycles. The van der Waals surface area contributed by atoms with Gasteiger partial charge in [-0.1, -0.05) is 41.4 Å². The number of nitrogens with zero attached hydrogens (tertiary/aromatic N) is 3. The number of halogens is 2. The van der Waals surface area contributed by atoms with Crippen molar-refractivity contribution in [1.82, 2.24) is 4.90 Å². The largest absolute Gasteiger partial charge is 0.387 e. The number of piperazine rings is 1. The van der Waals surface area contributed by atoms with Gasteiger partial charge < -0.3 is 19.8 Å². The van der Waals surface area contributed by atoms with Crippen LogP contribution in [0.15, 0.2) is 42.5 Å². The van der Waals surface area contributed by atoms with E-state index in [-0.39, 0.29) is 5.25 Å². The third-order valence-corrected chi connectivity index (χ3v) is 7.81. The Morgan fingerprint density at radius 2 is 1.72 bits per heavy atom. The second kappa shape index (κ2) is 9.36. The van der Waals surface area contributed by atoms with E-state index in [1.807, 2.05) is 36.0 Å². The van der Waals surface area contributed by atoms with Gasteiger partial charge in [-0.25, -0.2) is 0 Å². The lowest BCUT2D eigenvalue weighted by Crippen LogP contribution is -2.45. The Bertz CT molecular complexity index is 845. The molecule has 2 fully saturated rings. The Labute approximate surface area is 187 Å². The van der Waals surface area contributed by atoms with Crippen LogP contribution >= 0.6 is 35.0 Å². The molecule has 2 atom stereocenters. The summed E-state index contributed by atoms with van der Waals surface area (Å²) in [6.45, 7) is 5.80. The molecule has 0 radical (unpaired) electrons. The van der Waals surface area contributed by atoms with Crippen LogP contribution in [0.2, 0.25) is 10.0 Å². The lowest BCUT2D eigenvalue weighted by Gasteiger charge is -2.39. The average Bonchev–Trinajstić information content (AvgIpc) is 2.76. The van der Waals surface area contributed by atoms with Crippen molar-refractivity contribution in [3.05, 3.63) is 58.1 Å². The Hall–Kier alpha value is -1.11. The molecule has 0 aromatic heterocycles. The second-order valence-electron chi connectivity index (χ2n) is 7.75. The molecule has 0 aliphatic carbocycles. The summed E-state index contributed by atoms with van der Waals surface area (Å²) in [5.41, 5.74) is 3.26. The molecular formula is C22H27Cl2N3OS. The van der Waals surface area contributed by atoms with Gasteiger partial charge in [0.15, 0.2) is 0 Å². The van der Waals surface area contributed by atoms with E-state index in [4.69, 9.17) is 23.2 Å². The molecule has 0 saturated carbocycles. The number of likely N-dealkylation sites (N-methyl/N-ethyl adjacent to an activating group) is 1. The van der Waals surface area contributed by atoms with E-state index < -0.39 is 6.10 Å². The number of thioether (sulfide) groups is 1. The average molecular weight is 452 g/mol. The highest BCUT2D eigenvalue weighted by molar-refractivity contribution is 8.00. The number of hydrogen-bond donors (Lipinski definition) is 1. The fraction of sp³-hybridized carbons (Fsp3) is 0.455. The van der Waals surface area contributed by atoms with Gasteiger partial charge in [-0.3, -0.25) is 0 Å². The minimum Gasteiger partial charge on any atom is -0.387 e. The summed E-state index contributed by atoms with van der Waals surface area (Å²) in [5, 5.41) is 12.6. The minimum atomic E-state index is -0.513. The minimum absolute atomic E-state index is 0.104. The molecule has 2 aliphatic rings. The van der Waals surface area contributed by atoms with E-state index in [0.717, 1.165) is 56.3 Å². The molecule has 4 rings (SSSR count). The van der Waals surface area contributed by atoms with Crippen molar-refractivity contribution in [1.29, 1.82) is 0 Å². The van der Waals surface area contributed by atoms with Gasteiger partial charge in [0.1, 0.15) is 0 Å². The van der Waals surface area contributed by atoms with Crippen molar-refractivity contribution in [2.24, 2.45) is 0 Å². The normalized spacial score (nSPS) is 22.0. The molecule has 0 amide bonds. The summed E-state index contributed by atoms with van der Waals surface area (Å²) in [6, 6.07) is 14.1. The molecule has 2 saturated heterocycles. The fourth-order valence-corrected chi connectivity index (χ4v) is 5.59.